The quantitative estimate of drug-likeness (QED) is 0.721. The molecule has 0 radical (unpaired) electrons. The third-order valence-electron chi connectivity index (χ3n) is 2.21. The van der Waals surface area contributed by atoms with Crippen LogP contribution in [0.4, 0.5) is 0 Å². The van der Waals surface area contributed by atoms with Gasteiger partial charge in [-0.15, -0.1) is 5.10 Å². The second kappa shape index (κ2) is 4.52. The van der Waals surface area contributed by atoms with Crippen molar-refractivity contribution < 1.29 is 9.47 Å². The van der Waals surface area contributed by atoms with Crippen molar-refractivity contribution in [2.45, 2.75) is 32.2 Å². The highest BCUT2D eigenvalue weighted by atomic mass is 16.7. The smallest absolute Gasteiger partial charge is 0.158 e. The van der Waals surface area contributed by atoms with E-state index in [-0.39, 0.29) is 6.29 Å². The van der Waals surface area contributed by atoms with E-state index in [1.807, 2.05) is 13.2 Å². The molecular weight excluding hydrogens is 182 g/mol. The fourth-order valence-electron chi connectivity index (χ4n) is 1.48. The first-order valence-electron chi connectivity index (χ1n) is 4.93. The lowest BCUT2D eigenvalue weighted by Gasteiger charge is -2.22. The molecule has 1 aromatic rings. The van der Waals surface area contributed by atoms with E-state index in [2.05, 4.69) is 10.3 Å². The van der Waals surface area contributed by atoms with E-state index in [0.717, 1.165) is 25.1 Å². The minimum absolute atomic E-state index is 0.0502. The van der Waals surface area contributed by atoms with Crippen LogP contribution in [0.25, 0.3) is 0 Å². The molecule has 0 aromatic carbocycles. The van der Waals surface area contributed by atoms with Gasteiger partial charge in [0.1, 0.15) is 5.69 Å². The molecule has 0 aliphatic carbocycles. The summed E-state index contributed by atoms with van der Waals surface area (Å²) in [6.45, 7) is 1.30. The molecule has 1 aromatic heterocycles. The molecule has 0 saturated carbocycles. The SMILES string of the molecule is Cn1cc(COC2CCCCO2)nn1. The minimum atomic E-state index is -0.0502. The maximum atomic E-state index is 5.54. The number of rotatable bonds is 3. The summed E-state index contributed by atoms with van der Waals surface area (Å²) in [5, 5.41) is 7.76. The number of hydrogen-bond donors (Lipinski definition) is 0. The van der Waals surface area contributed by atoms with Crippen molar-refractivity contribution in [3.05, 3.63) is 11.9 Å². The predicted molar refractivity (Wildman–Crippen MR) is 49.4 cm³/mol. The molecule has 78 valence electrons. The summed E-state index contributed by atoms with van der Waals surface area (Å²) in [7, 11) is 1.84. The summed E-state index contributed by atoms with van der Waals surface area (Å²) in [6, 6.07) is 0. The second-order valence-corrected chi connectivity index (χ2v) is 3.49. The summed E-state index contributed by atoms with van der Waals surface area (Å²) >= 11 is 0. The zero-order valence-corrected chi connectivity index (χ0v) is 8.35. The van der Waals surface area contributed by atoms with Crippen molar-refractivity contribution in [3.8, 4) is 0 Å². The van der Waals surface area contributed by atoms with Gasteiger partial charge in [0.25, 0.3) is 0 Å². The van der Waals surface area contributed by atoms with Crippen molar-refractivity contribution in [1.82, 2.24) is 15.0 Å². The normalized spacial score (nSPS) is 22.5. The summed E-state index contributed by atoms with van der Waals surface area (Å²) in [6.07, 6.45) is 5.12. The molecule has 1 unspecified atom stereocenters. The number of hydrogen-bond acceptors (Lipinski definition) is 4. The van der Waals surface area contributed by atoms with Crippen LogP contribution in [-0.2, 0) is 23.1 Å². The molecule has 2 heterocycles. The Morgan fingerprint density at radius 2 is 2.57 bits per heavy atom. The van der Waals surface area contributed by atoms with E-state index >= 15 is 0 Å². The van der Waals surface area contributed by atoms with Crippen LogP contribution < -0.4 is 0 Å². The molecule has 1 fully saturated rings. The van der Waals surface area contributed by atoms with Gasteiger partial charge in [-0.25, -0.2) is 0 Å². The van der Waals surface area contributed by atoms with Crippen LogP contribution in [-0.4, -0.2) is 27.9 Å². The molecule has 0 amide bonds. The molecule has 2 rings (SSSR count). The Morgan fingerprint density at radius 3 is 3.21 bits per heavy atom. The van der Waals surface area contributed by atoms with Crippen LogP contribution in [0.15, 0.2) is 6.20 Å². The fourth-order valence-corrected chi connectivity index (χ4v) is 1.48. The van der Waals surface area contributed by atoms with E-state index in [0.29, 0.717) is 6.61 Å². The van der Waals surface area contributed by atoms with Crippen molar-refractivity contribution in [2.75, 3.05) is 6.61 Å². The highest BCUT2D eigenvalue weighted by Crippen LogP contribution is 2.14. The van der Waals surface area contributed by atoms with Crippen LogP contribution in [0, 0.1) is 0 Å². The fraction of sp³-hybridized carbons (Fsp3) is 0.778. The van der Waals surface area contributed by atoms with Gasteiger partial charge in [0.05, 0.1) is 12.8 Å². The van der Waals surface area contributed by atoms with E-state index in [4.69, 9.17) is 9.47 Å². The topological polar surface area (TPSA) is 49.2 Å². The Bertz CT molecular complexity index is 281. The number of aromatic nitrogens is 3. The van der Waals surface area contributed by atoms with Crippen LogP contribution in [0.2, 0.25) is 0 Å². The van der Waals surface area contributed by atoms with Gasteiger partial charge in [0.2, 0.25) is 0 Å². The Morgan fingerprint density at radius 1 is 1.64 bits per heavy atom. The lowest BCUT2D eigenvalue weighted by Crippen LogP contribution is -2.22. The molecule has 0 bridgehead atoms. The van der Waals surface area contributed by atoms with Crippen molar-refractivity contribution in [2.24, 2.45) is 7.05 Å². The van der Waals surface area contributed by atoms with Gasteiger partial charge < -0.3 is 9.47 Å². The van der Waals surface area contributed by atoms with Gasteiger partial charge in [-0.2, -0.15) is 0 Å². The Kier molecular flexibility index (Phi) is 3.10. The highest BCUT2D eigenvalue weighted by Gasteiger charge is 2.14. The average molecular weight is 197 g/mol. The second-order valence-electron chi connectivity index (χ2n) is 3.49. The van der Waals surface area contributed by atoms with Crippen molar-refractivity contribution in [3.63, 3.8) is 0 Å². The van der Waals surface area contributed by atoms with Gasteiger partial charge in [-0.3, -0.25) is 4.68 Å². The molecular formula is C9H15N3O2. The first-order valence-corrected chi connectivity index (χ1v) is 4.93. The summed E-state index contributed by atoms with van der Waals surface area (Å²) < 4.78 is 12.6. The van der Waals surface area contributed by atoms with E-state index < -0.39 is 0 Å². The lowest BCUT2D eigenvalue weighted by atomic mass is 10.2. The molecule has 0 N–H and O–H groups in total. The molecule has 5 nitrogen and oxygen atoms in total. The van der Waals surface area contributed by atoms with Gasteiger partial charge in [-0.05, 0) is 19.3 Å². The standard InChI is InChI=1S/C9H15N3O2/c1-12-6-8(10-11-12)7-14-9-4-2-3-5-13-9/h6,9H,2-5,7H2,1H3. The van der Waals surface area contributed by atoms with E-state index in [9.17, 15) is 0 Å². The maximum Gasteiger partial charge on any atom is 0.158 e. The van der Waals surface area contributed by atoms with E-state index in [1.165, 1.54) is 6.42 Å². The predicted octanol–water partition coefficient (Wildman–Crippen LogP) is 0.858. The third-order valence-corrected chi connectivity index (χ3v) is 2.21. The summed E-state index contributed by atoms with van der Waals surface area (Å²) in [4.78, 5) is 0. The molecule has 14 heavy (non-hydrogen) atoms. The van der Waals surface area contributed by atoms with Gasteiger partial charge >= 0.3 is 0 Å². The molecule has 5 heteroatoms. The zero-order chi connectivity index (χ0) is 9.80. The highest BCUT2D eigenvalue weighted by molar-refractivity contribution is 4.88. The van der Waals surface area contributed by atoms with Crippen LogP contribution in [0.5, 0.6) is 0 Å². The number of nitrogens with zero attached hydrogens (tertiary/aromatic N) is 3. The van der Waals surface area contributed by atoms with Crippen LogP contribution in [0.3, 0.4) is 0 Å². The Labute approximate surface area is 83.0 Å². The molecule has 1 aliphatic heterocycles. The maximum absolute atomic E-state index is 5.54. The average Bonchev–Trinajstić information content (AvgIpc) is 2.63. The van der Waals surface area contributed by atoms with Crippen molar-refractivity contribution in [1.29, 1.82) is 0 Å². The van der Waals surface area contributed by atoms with Crippen LogP contribution in [0.1, 0.15) is 25.0 Å². The Hall–Kier alpha value is -0.940. The number of aryl methyl sites for hydroxylation is 1. The molecule has 1 atom stereocenters. The van der Waals surface area contributed by atoms with Crippen LogP contribution >= 0.6 is 0 Å². The largest absolute Gasteiger partial charge is 0.353 e. The van der Waals surface area contributed by atoms with Gasteiger partial charge in [-0.1, -0.05) is 5.21 Å². The van der Waals surface area contributed by atoms with Gasteiger partial charge in [0, 0.05) is 13.7 Å². The Balaban J connectivity index is 1.76. The monoisotopic (exact) mass is 197 g/mol. The minimum Gasteiger partial charge on any atom is -0.353 e. The first-order chi connectivity index (χ1) is 6.84. The number of ether oxygens (including phenoxy) is 2. The summed E-state index contributed by atoms with van der Waals surface area (Å²) in [5.41, 5.74) is 0.849. The molecule has 1 saturated heterocycles. The van der Waals surface area contributed by atoms with Gasteiger partial charge in [0.15, 0.2) is 6.29 Å². The first kappa shape index (κ1) is 9.61. The lowest BCUT2D eigenvalue weighted by molar-refractivity contribution is -0.169. The van der Waals surface area contributed by atoms with Crippen molar-refractivity contribution >= 4 is 0 Å². The molecule has 0 spiro atoms. The molecule has 1 aliphatic rings. The summed E-state index contributed by atoms with van der Waals surface area (Å²) in [5.74, 6) is 0. The van der Waals surface area contributed by atoms with E-state index in [1.54, 1.807) is 4.68 Å². The third kappa shape index (κ3) is 2.52. The zero-order valence-electron chi connectivity index (χ0n) is 8.35.